The first kappa shape index (κ1) is 17.5. The number of ether oxygens (including phenoxy) is 1. The monoisotopic (exact) mass is 376 g/mol. The lowest BCUT2D eigenvalue weighted by atomic mass is 9.95. The number of H-pyrrole nitrogens is 1. The van der Waals surface area contributed by atoms with Crippen LogP contribution >= 0.6 is 11.6 Å². The van der Waals surface area contributed by atoms with E-state index >= 15 is 0 Å². The number of hydrogen-bond donors (Lipinski definition) is 2. The quantitative estimate of drug-likeness (QED) is 0.426. The van der Waals surface area contributed by atoms with Crippen molar-refractivity contribution < 1.29 is 4.74 Å². The van der Waals surface area contributed by atoms with Crippen LogP contribution in [0, 0.1) is 6.92 Å². The van der Waals surface area contributed by atoms with Gasteiger partial charge in [-0.15, -0.1) is 0 Å². The third-order valence-corrected chi connectivity index (χ3v) is 5.09. The van der Waals surface area contributed by atoms with E-state index in [1.807, 2.05) is 48.5 Å². The van der Waals surface area contributed by atoms with Crippen LogP contribution < -0.4 is 10.1 Å². The van der Waals surface area contributed by atoms with Gasteiger partial charge in [0.1, 0.15) is 5.75 Å². The molecule has 4 aromatic rings. The first-order chi connectivity index (χ1) is 13.2. The Balaban J connectivity index is 1.89. The minimum atomic E-state index is -0.0709. The van der Waals surface area contributed by atoms with Crippen molar-refractivity contribution in [1.29, 1.82) is 0 Å². The number of hydrogen-bond acceptors (Lipinski definition) is 2. The Morgan fingerprint density at radius 2 is 1.63 bits per heavy atom. The summed E-state index contributed by atoms with van der Waals surface area (Å²) in [6, 6.07) is 24.2. The van der Waals surface area contributed by atoms with Gasteiger partial charge in [0.25, 0.3) is 0 Å². The standard InChI is InChI=1S/C23H21ClN2O/c1-15-22(18-7-3-5-9-20(18)25-15)23(19-8-4-6-10-21(19)27-2)26-17-13-11-16(24)12-14-17/h3-14,23,25-26H,1-2H3. The fraction of sp³-hybridized carbons (Fsp3) is 0.130. The molecule has 0 bridgehead atoms. The van der Waals surface area contributed by atoms with E-state index in [1.54, 1.807) is 7.11 Å². The lowest BCUT2D eigenvalue weighted by Gasteiger charge is -2.23. The number of benzene rings is 3. The van der Waals surface area contributed by atoms with Gasteiger partial charge in [-0.25, -0.2) is 0 Å². The summed E-state index contributed by atoms with van der Waals surface area (Å²) in [5, 5.41) is 5.60. The summed E-state index contributed by atoms with van der Waals surface area (Å²) in [4.78, 5) is 3.51. The minimum absolute atomic E-state index is 0.0709. The van der Waals surface area contributed by atoms with Crippen molar-refractivity contribution in [3.05, 3.63) is 94.6 Å². The zero-order valence-corrected chi connectivity index (χ0v) is 16.0. The zero-order chi connectivity index (χ0) is 18.8. The van der Waals surface area contributed by atoms with Gasteiger partial charge < -0.3 is 15.0 Å². The maximum absolute atomic E-state index is 6.06. The largest absolute Gasteiger partial charge is 0.496 e. The fourth-order valence-electron chi connectivity index (χ4n) is 3.59. The van der Waals surface area contributed by atoms with Crippen molar-refractivity contribution in [2.75, 3.05) is 12.4 Å². The highest BCUT2D eigenvalue weighted by molar-refractivity contribution is 6.30. The predicted octanol–water partition coefficient (Wildman–Crippen LogP) is 6.34. The molecule has 4 heteroatoms. The summed E-state index contributed by atoms with van der Waals surface area (Å²) in [5.41, 5.74) is 5.56. The van der Waals surface area contributed by atoms with E-state index < -0.39 is 0 Å². The fourth-order valence-corrected chi connectivity index (χ4v) is 3.72. The van der Waals surface area contributed by atoms with E-state index in [2.05, 4.69) is 41.5 Å². The van der Waals surface area contributed by atoms with Crippen LogP contribution in [0.1, 0.15) is 22.9 Å². The maximum atomic E-state index is 6.06. The smallest absolute Gasteiger partial charge is 0.124 e. The number of aromatic nitrogens is 1. The summed E-state index contributed by atoms with van der Waals surface area (Å²) in [7, 11) is 1.71. The normalized spacial score (nSPS) is 12.1. The van der Waals surface area contributed by atoms with Crippen LogP contribution in [-0.2, 0) is 0 Å². The van der Waals surface area contributed by atoms with Crippen molar-refractivity contribution in [2.45, 2.75) is 13.0 Å². The molecule has 0 radical (unpaired) electrons. The molecule has 2 N–H and O–H groups in total. The Kier molecular flexibility index (Phi) is 4.78. The molecule has 0 spiro atoms. The van der Waals surface area contributed by atoms with E-state index in [0.29, 0.717) is 0 Å². The number of anilines is 1. The summed E-state index contributed by atoms with van der Waals surface area (Å²) in [6.45, 7) is 2.11. The highest BCUT2D eigenvalue weighted by atomic mass is 35.5. The molecule has 27 heavy (non-hydrogen) atoms. The summed E-state index contributed by atoms with van der Waals surface area (Å²) >= 11 is 6.06. The first-order valence-corrected chi connectivity index (χ1v) is 9.27. The van der Waals surface area contributed by atoms with Crippen LogP contribution in [-0.4, -0.2) is 12.1 Å². The van der Waals surface area contributed by atoms with Gasteiger partial charge in [0, 0.05) is 38.4 Å². The molecule has 0 aliphatic rings. The maximum Gasteiger partial charge on any atom is 0.124 e. The van der Waals surface area contributed by atoms with Crippen LogP contribution in [0.15, 0.2) is 72.8 Å². The first-order valence-electron chi connectivity index (χ1n) is 8.89. The Labute approximate surface area is 163 Å². The van der Waals surface area contributed by atoms with Crippen molar-refractivity contribution in [3.8, 4) is 5.75 Å². The van der Waals surface area contributed by atoms with E-state index in [9.17, 15) is 0 Å². The third-order valence-electron chi connectivity index (χ3n) is 4.84. The van der Waals surface area contributed by atoms with Gasteiger partial charge in [0.15, 0.2) is 0 Å². The average Bonchev–Trinajstić information content (AvgIpc) is 3.03. The second-order valence-electron chi connectivity index (χ2n) is 6.54. The van der Waals surface area contributed by atoms with Gasteiger partial charge in [-0.3, -0.25) is 0 Å². The molecule has 3 aromatic carbocycles. The molecule has 0 aliphatic heterocycles. The third kappa shape index (κ3) is 3.38. The van der Waals surface area contributed by atoms with Crippen molar-refractivity contribution in [1.82, 2.24) is 4.98 Å². The summed E-state index contributed by atoms with van der Waals surface area (Å²) < 4.78 is 5.66. The number of para-hydroxylation sites is 2. The van der Waals surface area contributed by atoms with Gasteiger partial charge in [-0.1, -0.05) is 48.0 Å². The number of halogens is 1. The van der Waals surface area contributed by atoms with Crippen LogP contribution in [0.5, 0.6) is 5.75 Å². The zero-order valence-electron chi connectivity index (χ0n) is 15.3. The minimum Gasteiger partial charge on any atom is -0.496 e. The molecule has 4 rings (SSSR count). The Hall–Kier alpha value is -2.91. The van der Waals surface area contributed by atoms with Gasteiger partial charge in [0.2, 0.25) is 0 Å². The van der Waals surface area contributed by atoms with Crippen molar-refractivity contribution >= 4 is 28.2 Å². The van der Waals surface area contributed by atoms with E-state index in [4.69, 9.17) is 16.3 Å². The molecule has 1 unspecified atom stereocenters. The highest BCUT2D eigenvalue weighted by Crippen LogP contribution is 2.38. The molecule has 0 saturated carbocycles. The molecule has 0 aliphatic carbocycles. The van der Waals surface area contributed by atoms with Crippen molar-refractivity contribution in [3.63, 3.8) is 0 Å². The van der Waals surface area contributed by atoms with Crippen LogP contribution in [0.4, 0.5) is 5.69 Å². The summed E-state index contributed by atoms with van der Waals surface area (Å²) in [5.74, 6) is 0.855. The van der Waals surface area contributed by atoms with E-state index in [0.717, 1.165) is 33.2 Å². The van der Waals surface area contributed by atoms with E-state index in [1.165, 1.54) is 10.9 Å². The Morgan fingerprint density at radius 3 is 2.41 bits per heavy atom. The lowest BCUT2D eigenvalue weighted by molar-refractivity contribution is 0.408. The van der Waals surface area contributed by atoms with Gasteiger partial charge in [0.05, 0.1) is 13.2 Å². The Bertz CT molecular complexity index is 1070. The lowest BCUT2D eigenvalue weighted by Crippen LogP contribution is -2.14. The van der Waals surface area contributed by atoms with Crippen LogP contribution in [0.2, 0.25) is 5.02 Å². The SMILES string of the molecule is COc1ccccc1C(Nc1ccc(Cl)cc1)c1c(C)[nH]c2ccccc12. The average molecular weight is 377 g/mol. The Morgan fingerprint density at radius 1 is 0.926 bits per heavy atom. The van der Waals surface area contributed by atoms with Crippen LogP contribution in [0.25, 0.3) is 10.9 Å². The molecule has 1 atom stereocenters. The molecule has 0 saturated heterocycles. The van der Waals surface area contributed by atoms with Gasteiger partial charge in [-0.05, 0) is 43.3 Å². The molecule has 1 heterocycles. The number of fused-ring (bicyclic) bond motifs is 1. The highest BCUT2D eigenvalue weighted by Gasteiger charge is 2.23. The molecular weight excluding hydrogens is 356 g/mol. The second kappa shape index (κ2) is 7.37. The van der Waals surface area contributed by atoms with Gasteiger partial charge >= 0.3 is 0 Å². The number of nitrogens with one attached hydrogen (secondary N) is 2. The van der Waals surface area contributed by atoms with Crippen LogP contribution in [0.3, 0.4) is 0 Å². The second-order valence-corrected chi connectivity index (χ2v) is 6.97. The molecular formula is C23H21ClN2O. The number of aryl methyl sites for hydroxylation is 1. The molecule has 3 nitrogen and oxygen atoms in total. The molecule has 0 fully saturated rings. The van der Waals surface area contributed by atoms with Crippen molar-refractivity contribution in [2.24, 2.45) is 0 Å². The summed E-state index contributed by atoms with van der Waals surface area (Å²) in [6.07, 6.45) is 0. The topological polar surface area (TPSA) is 37.0 Å². The molecule has 136 valence electrons. The number of aromatic amines is 1. The number of methoxy groups -OCH3 is 1. The van der Waals surface area contributed by atoms with E-state index in [-0.39, 0.29) is 6.04 Å². The number of rotatable bonds is 5. The molecule has 1 aromatic heterocycles. The van der Waals surface area contributed by atoms with Gasteiger partial charge in [-0.2, -0.15) is 0 Å². The molecule has 0 amide bonds. The predicted molar refractivity (Wildman–Crippen MR) is 113 cm³/mol.